The largest absolute Gasteiger partial charge is 0.465 e. The highest BCUT2D eigenvalue weighted by Crippen LogP contribution is 1.78. The van der Waals surface area contributed by atoms with Crippen molar-refractivity contribution in [1.82, 2.24) is 0 Å². The van der Waals surface area contributed by atoms with Crippen LogP contribution in [0.25, 0.3) is 0 Å². The summed E-state index contributed by atoms with van der Waals surface area (Å²) in [5, 5.41) is 30.6. The van der Waals surface area contributed by atoms with Gasteiger partial charge in [0.1, 0.15) is 12.7 Å². The summed E-state index contributed by atoms with van der Waals surface area (Å²) in [5.74, 6) is 0. The first-order valence-electron chi connectivity index (χ1n) is 3.05. The average molecular weight is 184 g/mol. The molecule has 76 valence electrons. The first kappa shape index (κ1) is 17.4. The lowest BCUT2D eigenvalue weighted by molar-refractivity contribution is -0.132. The number of ether oxygens (including phenoxy) is 1. The highest BCUT2D eigenvalue weighted by molar-refractivity contribution is 5.36. The van der Waals surface area contributed by atoms with Gasteiger partial charge in [-0.05, 0) is 0 Å². The van der Waals surface area contributed by atoms with E-state index in [2.05, 4.69) is 4.74 Å². The molecule has 0 fully saturated rings. The van der Waals surface area contributed by atoms with Crippen molar-refractivity contribution in [2.24, 2.45) is 0 Å². The molecule has 0 rings (SSSR count). The fourth-order valence-corrected chi connectivity index (χ4v) is 0.203. The van der Waals surface area contributed by atoms with E-state index < -0.39 is 6.10 Å². The Labute approximate surface area is 71.0 Å². The Morgan fingerprint density at radius 2 is 1.75 bits per heavy atom. The zero-order valence-electron chi connectivity index (χ0n) is 7.17. The van der Waals surface area contributed by atoms with Crippen molar-refractivity contribution < 1.29 is 30.0 Å². The molecule has 0 bridgehead atoms. The molecule has 1 atom stereocenters. The molecule has 0 aliphatic carbocycles. The molecule has 6 nitrogen and oxygen atoms in total. The molecule has 1 unspecified atom stereocenters. The van der Waals surface area contributed by atoms with Gasteiger partial charge in [-0.1, -0.05) is 0 Å². The number of aliphatic hydroxyl groups excluding tert-OH is 4. The molecule has 0 spiro atoms. The summed E-state index contributed by atoms with van der Waals surface area (Å²) in [5.41, 5.74) is 0. The van der Waals surface area contributed by atoms with Crippen molar-refractivity contribution in [3.8, 4) is 0 Å². The van der Waals surface area contributed by atoms with Crippen LogP contribution in [0.2, 0.25) is 0 Å². The van der Waals surface area contributed by atoms with E-state index in [1.54, 1.807) is 0 Å². The lowest BCUT2D eigenvalue weighted by Gasteiger charge is -2.02. The monoisotopic (exact) mass is 184 g/mol. The normalized spacial score (nSPS) is 9.50. The van der Waals surface area contributed by atoms with E-state index >= 15 is 0 Å². The minimum atomic E-state index is -0.944. The van der Waals surface area contributed by atoms with E-state index in [4.69, 9.17) is 20.4 Å². The van der Waals surface area contributed by atoms with Crippen LogP contribution in [-0.2, 0) is 9.53 Å². The lowest BCUT2D eigenvalue weighted by Crippen LogP contribution is -2.18. The van der Waals surface area contributed by atoms with Crippen molar-refractivity contribution in [2.45, 2.75) is 6.10 Å². The van der Waals surface area contributed by atoms with Crippen LogP contribution in [0.3, 0.4) is 0 Å². The Balaban J connectivity index is -0.000000175. The van der Waals surface area contributed by atoms with Crippen LogP contribution >= 0.6 is 0 Å². The SMILES string of the molecule is CO.CO.O=COCC(O)CO. The molecule has 0 aromatic heterocycles. The molecule has 4 N–H and O–H groups in total. The van der Waals surface area contributed by atoms with Crippen LogP contribution in [0.15, 0.2) is 0 Å². The maximum absolute atomic E-state index is 9.41. The summed E-state index contributed by atoms with van der Waals surface area (Å²) < 4.78 is 4.10. The predicted molar refractivity (Wildman–Crippen MR) is 41.4 cm³/mol. The topological polar surface area (TPSA) is 107 Å². The smallest absolute Gasteiger partial charge is 0.293 e. The maximum atomic E-state index is 9.41. The van der Waals surface area contributed by atoms with E-state index in [-0.39, 0.29) is 19.7 Å². The van der Waals surface area contributed by atoms with E-state index in [1.165, 1.54) is 0 Å². The highest BCUT2D eigenvalue weighted by Gasteiger charge is 1.98. The summed E-state index contributed by atoms with van der Waals surface area (Å²) >= 11 is 0. The van der Waals surface area contributed by atoms with Crippen LogP contribution < -0.4 is 0 Å². The Morgan fingerprint density at radius 1 is 1.33 bits per heavy atom. The third kappa shape index (κ3) is 22.8. The number of aliphatic hydroxyl groups is 4. The highest BCUT2D eigenvalue weighted by atomic mass is 16.5. The standard InChI is InChI=1S/C4H8O4.2CH4O/c5-1-4(7)2-8-3-6;2*1-2/h3-5,7H,1-2H2;2*2H,1H3. The summed E-state index contributed by atoms with van der Waals surface area (Å²) in [6, 6.07) is 0. The molecule has 0 aromatic rings. The van der Waals surface area contributed by atoms with Crippen LogP contribution in [0.5, 0.6) is 0 Å². The van der Waals surface area contributed by atoms with Gasteiger partial charge in [0.2, 0.25) is 0 Å². The second kappa shape index (κ2) is 22.4. The maximum Gasteiger partial charge on any atom is 0.293 e. The van der Waals surface area contributed by atoms with Crippen molar-refractivity contribution in [3.63, 3.8) is 0 Å². The number of carbonyl (C=O) groups is 1. The second-order valence-corrected chi connectivity index (χ2v) is 1.27. The minimum Gasteiger partial charge on any atom is -0.465 e. The molecule has 0 saturated heterocycles. The van der Waals surface area contributed by atoms with Crippen LogP contribution in [0.4, 0.5) is 0 Å². The average Bonchev–Trinajstić information content (AvgIpc) is 2.20. The molecular weight excluding hydrogens is 168 g/mol. The number of carbonyl (C=O) groups excluding carboxylic acids is 1. The zero-order chi connectivity index (χ0) is 10.4. The van der Waals surface area contributed by atoms with Crippen LogP contribution in [0, 0.1) is 0 Å². The predicted octanol–water partition coefficient (Wildman–Crippen LogP) is -2.27. The van der Waals surface area contributed by atoms with Gasteiger partial charge < -0.3 is 25.2 Å². The fourth-order valence-electron chi connectivity index (χ4n) is 0.203. The van der Waals surface area contributed by atoms with Gasteiger partial charge in [0.25, 0.3) is 6.47 Å². The molecule has 0 amide bonds. The second-order valence-electron chi connectivity index (χ2n) is 1.27. The Kier molecular flexibility index (Phi) is 32.6. The molecular formula is C6H16O6. The third-order valence-electron chi connectivity index (χ3n) is 0.567. The molecule has 6 heteroatoms. The third-order valence-corrected chi connectivity index (χ3v) is 0.567. The van der Waals surface area contributed by atoms with E-state index in [1.807, 2.05) is 0 Å². The summed E-state index contributed by atoms with van der Waals surface area (Å²) in [6.07, 6.45) is -0.944. The Morgan fingerprint density at radius 3 is 2.00 bits per heavy atom. The summed E-state index contributed by atoms with van der Waals surface area (Å²) in [4.78, 5) is 9.41. The first-order chi connectivity index (χ1) is 5.81. The molecule has 12 heavy (non-hydrogen) atoms. The van der Waals surface area contributed by atoms with E-state index in [9.17, 15) is 4.79 Å². The van der Waals surface area contributed by atoms with Crippen molar-refractivity contribution in [1.29, 1.82) is 0 Å². The number of hydrogen-bond donors (Lipinski definition) is 4. The fraction of sp³-hybridized carbons (Fsp3) is 0.833. The van der Waals surface area contributed by atoms with Gasteiger partial charge in [0.15, 0.2) is 0 Å². The molecule has 0 heterocycles. The summed E-state index contributed by atoms with van der Waals surface area (Å²) in [6.45, 7) is -0.299. The molecule has 0 radical (unpaired) electrons. The first-order valence-corrected chi connectivity index (χ1v) is 3.05. The van der Waals surface area contributed by atoms with Crippen LogP contribution in [-0.4, -0.2) is 60.4 Å². The molecule has 0 aliphatic heterocycles. The Bertz CT molecular complexity index is 67.1. The molecule has 0 aliphatic rings. The van der Waals surface area contributed by atoms with Gasteiger partial charge in [-0.15, -0.1) is 0 Å². The van der Waals surface area contributed by atoms with Gasteiger partial charge in [0.05, 0.1) is 6.61 Å². The summed E-state index contributed by atoms with van der Waals surface area (Å²) in [7, 11) is 2.00. The van der Waals surface area contributed by atoms with Crippen molar-refractivity contribution in [2.75, 3.05) is 27.4 Å². The quantitative estimate of drug-likeness (QED) is 0.367. The van der Waals surface area contributed by atoms with Crippen LogP contribution in [0.1, 0.15) is 0 Å². The van der Waals surface area contributed by atoms with Gasteiger partial charge in [0, 0.05) is 14.2 Å². The number of hydrogen-bond acceptors (Lipinski definition) is 6. The van der Waals surface area contributed by atoms with E-state index in [0.717, 1.165) is 14.2 Å². The van der Waals surface area contributed by atoms with Gasteiger partial charge in [-0.25, -0.2) is 0 Å². The van der Waals surface area contributed by atoms with E-state index in [0.29, 0.717) is 0 Å². The number of rotatable bonds is 4. The lowest BCUT2D eigenvalue weighted by atomic mass is 10.4. The van der Waals surface area contributed by atoms with Gasteiger partial charge >= 0.3 is 0 Å². The Hall–Kier alpha value is -0.690. The van der Waals surface area contributed by atoms with Crippen molar-refractivity contribution in [3.05, 3.63) is 0 Å². The van der Waals surface area contributed by atoms with Crippen molar-refractivity contribution >= 4 is 6.47 Å². The zero-order valence-corrected chi connectivity index (χ0v) is 7.17. The molecule has 0 saturated carbocycles. The van der Waals surface area contributed by atoms with Gasteiger partial charge in [-0.2, -0.15) is 0 Å². The van der Waals surface area contributed by atoms with Gasteiger partial charge in [-0.3, -0.25) is 4.79 Å². The molecule has 0 aromatic carbocycles. The minimum absolute atomic E-state index is 0.139.